The maximum Gasteiger partial charge on any atom is 0.145 e. The van der Waals surface area contributed by atoms with Crippen LogP contribution in [0.3, 0.4) is 0 Å². The summed E-state index contributed by atoms with van der Waals surface area (Å²) >= 11 is 0. The van der Waals surface area contributed by atoms with Crippen LogP contribution >= 0.6 is 0 Å². The maximum absolute atomic E-state index is 8.97. The molecule has 0 aliphatic heterocycles. The summed E-state index contributed by atoms with van der Waals surface area (Å²) < 4.78 is 75.4. The van der Waals surface area contributed by atoms with E-state index in [0.29, 0.717) is 33.1 Å². The lowest BCUT2D eigenvalue weighted by Crippen LogP contribution is -2.00. The van der Waals surface area contributed by atoms with Crippen LogP contribution in [0.2, 0.25) is 0 Å². The fraction of sp³-hybridized carbons (Fsp3) is 0. The zero-order chi connectivity index (χ0) is 40.4. The zero-order valence-electron chi connectivity index (χ0n) is 35.0. The molecule has 0 N–H and O–H groups in total. The van der Waals surface area contributed by atoms with Gasteiger partial charge in [-0.15, -0.1) is 0 Å². The van der Waals surface area contributed by atoms with Crippen molar-refractivity contribution in [3.05, 3.63) is 182 Å². The highest BCUT2D eigenvalue weighted by Crippen LogP contribution is 2.39. The molecule has 51 heavy (non-hydrogen) atoms. The highest BCUT2D eigenvalue weighted by Gasteiger charge is 2.19. The SMILES string of the molecule is [2H]c1c([2H])c([2H])c2c(c1[2H])c1ccccc1n2-c1cccc(-c2ccccc2-n2c3ccccc3c3cc(-n4c5ccccc5c5c([2H])c([2H])c([2H])c([2H])c54)cnc32)c1. The molecule has 0 saturated heterocycles. The number of hydrogen-bond acceptors (Lipinski definition) is 1. The third-order valence-corrected chi connectivity index (χ3v) is 9.93. The van der Waals surface area contributed by atoms with Crippen molar-refractivity contribution in [1.29, 1.82) is 0 Å². The predicted octanol–water partition coefficient (Wildman–Crippen LogP) is 12.0. The Kier molecular flexibility index (Phi) is 4.49. The standard InChI is InChI=1S/C47H30N4/c1-7-22-41(34(16-1)31-14-13-15-32(28-31)49-42-23-8-2-17-35(42)36-18-3-9-24-43(36)49)51-46-27-12-6-21-39(46)40-29-33(30-48-47(40)51)50-44-25-10-4-19-37(44)38-20-5-11-26-45(38)50/h1-30H/i2D,4D,8D,10D,17D,19D,23D,25D. The van der Waals surface area contributed by atoms with E-state index in [-0.39, 0.29) is 48.3 Å². The van der Waals surface area contributed by atoms with Crippen LogP contribution in [0.25, 0.3) is 93.7 Å². The van der Waals surface area contributed by atoms with E-state index in [1.807, 2.05) is 106 Å². The van der Waals surface area contributed by atoms with Gasteiger partial charge < -0.3 is 9.13 Å². The number of pyridine rings is 1. The zero-order valence-corrected chi connectivity index (χ0v) is 27.0. The summed E-state index contributed by atoms with van der Waals surface area (Å²) in [4.78, 5) is 5.13. The summed E-state index contributed by atoms with van der Waals surface area (Å²) in [5, 5.41) is 4.25. The van der Waals surface area contributed by atoms with Crippen LogP contribution in [0.5, 0.6) is 0 Å². The molecule has 4 aromatic heterocycles. The molecule has 4 nitrogen and oxygen atoms in total. The summed E-state index contributed by atoms with van der Waals surface area (Å²) in [6, 6.07) is 40.0. The summed E-state index contributed by atoms with van der Waals surface area (Å²) in [6.07, 6.45) is 1.76. The first-order chi connectivity index (χ1) is 28.7. The van der Waals surface area contributed by atoms with Crippen molar-refractivity contribution in [3.63, 3.8) is 0 Å². The second kappa shape index (κ2) is 10.8. The molecule has 0 amide bonds. The van der Waals surface area contributed by atoms with Gasteiger partial charge in [0, 0.05) is 43.6 Å². The summed E-state index contributed by atoms with van der Waals surface area (Å²) in [6.45, 7) is 0. The lowest BCUT2D eigenvalue weighted by atomic mass is 10.0. The first-order valence-corrected chi connectivity index (χ1v) is 16.7. The average molecular weight is 659 g/mol. The highest BCUT2D eigenvalue weighted by molar-refractivity contribution is 6.12. The minimum Gasteiger partial charge on any atom is -0.309 e. The second-order valence-electron chi connectivity index (χ2n) is 12.6. The summed E-state index contributed by atoms with van der Waals surface area (Å²) in [7, 11) is 0. The van der Waals surface area contributed by atoms with Gasteiger partial charge in [0.2, 0.25) is 0 Å². The Hall–Kier alpha value is -6.91. The smallest absolute Gasteiger partial charge is 0.145 e. The highest BCUT2D eigenvalue weighted by atomic mass is 15.1. The van der Waals surface area contributed by atoms with E-state index in [4.69, 9.17) is 16.0 Å². The topological polar surface area (TPSA) is 27.7 Å². The molecule has 11 aromatic rings. The summed E-state index contributed by atoms with van der Waals surface area (Å²) in [5.41, 5.74) is 8.10. The van der Waals surface area contributed by atoms with Gasteiger partial charge in [-0.05, 0) is 60.1 Å². The molecule has 0 atom stereocenters. The van der Waals surface area contributed by atoms with Gasteiger partial charge in [-0.25, -0.2) is 4.98 Å². The molecule has 0 unspecified atom stereocenters. The molecule has 0 bridgehead atoms. The minimum absolute atomic E-state index is 0.0676. The molecule has 0 radical (unpaired) electrons. The second-order valence-corrected chi connectivity index (χ2v) is 12.6. The number of hydrogen-bond donors (Lipinski definition) is 0. The van der Waals surface area contributed by atoms with Crippen LogP contribution in [0, 0.1) is 0 Å². The Morgan fingerprint density at radius 3 is 1.65 bits per heavy atom. The molecule has 0 aliphatic rings. The number of rotatable bonds is 4. The van der Waals surface area contributed by atoms with E-state index in [1.54, 1.807) is 6.20 Å². The van der Waals surface area contributed by atoms with E-state index in [9.17, 15) is 0 Å². The van der Waals surface area contributed by atoms with Crippen molar-refractivity contribution in [2.45, 2.75) is 0 Å². The Morgan fingerprint density at radius 1 is 0.412 bits per heavy atom. The average Bonchev–Trinajstić information content (AvgIpc) is 3.92. The molecule has 11 rings (SSSR count). The van der Waals surface area contributed by atoms with Gasteiger partial charge >= 0.3 is 0 Å². The Balaban J connectivity index is 1.14. The van der Waals surface area contributed by atoms with E-state index >= 15 is 0 Å². The van der Waals surface area contributed by atoms with Gasteiger partial charge in [-0.1, -0.05) is 121 Å². The molecule has 4 heterocycles. The van der Waals surface area contributed by atoms with Crippen LogP contribution in [0.4, 0.5) is 0 Å². The Bertz CT molecular complexity index is 3620. The third-order valence-electron chi connectivity index (χ3n) is 9.93. The van der Waals surface area contributed by atoms with Gasteiger partial charge in [-0.3, -0.25) is 4.57 Å². The van der Waals surface area contributed by atoms with Crippen LogP contribution in [-0.4, -0.2) is 18.7 Å². The van der Waals surface area contributed by atoms with Gasteiger partial charge in [0.1, 0.15) is 5.65 Å². The Labute approximate surface area is 304 Å². The predicted molar refractivity (Wildman–Crippen MR) is 213 cm³/mol. The molecule has 0 spiro atoms. The van der Waals surface area contributed by atoms with Crippen molar-refractivity contribution in [2.24, 2.45) is 0 Å². The molecule has 4 heteroatoms. The van der Waals surface area contributed by atoms with Gasteiger partial charge in [0.15, 0.2) is 0 Å². The van der Waals surface area contributed by atoms with Crippen LogP contribution < -0.4 is 0 Å². The Morgan fingerprint density at radius 2 is 0.961 bits per heavy atom. The largest absolute Gasteiger partial charge is 0.309 e. The molecule has 0 fully saturated rings. The molecule has 7 aromatic carbocycles. The van der Waals surface area contributed by atoms with Crippen molar-refractivity contribution in [3.8, 4) is 28.2 Å². The minimum atomic E-state index is -0.291. The van der Waals surface area contributed by atoms with E-state index < -0.39 is 0 Å². The van der Waals surface area contributed by atoms with Crippen molar-refractivity contribution in [1.82, 2.24) is 18.7 Å². The fourth-order valence-corrected chi connectivity index (χ4v) is 7.80. The van der Waals surface area contributed by atoms with Gasteiger partial charge in [0.25, 0.3) is 0 Å². The normalized spacial score (nSPS) is 14.1. The third kappa shape index (κ3) is 4.05. The quantitative estimate of drug-likeness (QED) is 0.185. The molecular weight excluding hydrogens is 621 g/mol. The first-order valence-electron chi connectivity index (χ1n) is 20.7. The lowest BCUT2D eigenvalue weighted by Gasteiger charge is -2.15. The summed E-state index contributed by atoms with van der Waals surface area (Å²) in [5.74, 6) is 0. The van der Waals surface area contributed by atoms with Gasteiger partial charge in [0.05, 0.1) is 56.1 Å². The van der Waals surface area contributed by atoms with E-state index in [1.165, 1.54) is 0 Å². The monoisotopic (exact) mass is 658 g/mol. The van der Waals surface area contributed by atoms with Crippen LogP contribution in [0.15, 0.2) is 182 Å². The lowest BCUT2D eigenvalue weighted by molar-refractivity contribution is 1.11. The number of para-hydroxylation sites is 6. The first kappa shape index (κ1) is 21.2. The van der Waals surface area contributed by atoms with Gasteiger partial charge in [-0.2, -0.15) is 0 Å². The van der Waals surface area contributed by atoms with E-state index in [0.717, 1.165) is 60.6 Å². The molecule has 0 saturated carbocycles. The maximum atomic E-state index is 8.97. The number of aromatic nitrogens is 4. The van der Waals surface area contributed by atoms with E-state index in [2.05, 4.69) is 34.9 Å². The number of fused-ring (bicyclic) bond motifs is 9. The molecule has 238 valence electrons. The fourth-order valence-electron chi connectivity index (χ4n) is 7.80. The number of benzene rings is 7. The number of nitrogens with zero attached hydrogens (tertiary/aromatic N) is 4. The van der Waals surface area contributed by atoms with Crippen LogP contribution in [0.1, 0.15) is 11.0 Å². The molecule has 0 aliphatic carbocycles. The molecular formula is C47H30N4. The van der Waals surface area contributed by atoms with Crippen molar-refractivity contribution < 1.29 is 11.0 Å². The van der Waals surface area contributed by atoms with Crippen LogP contribution in [-0.2, 0) is 0 Å². The van der Waals surface area contributed by atoms with Crippen molar-refractivity contribution >= 4 is 65.5 Å². The van der Waals surface area contributed by atoms with Crippen molar-refractivity contribution in [2.75, 3.05) is 0 Å².